The van der Waals surface area contributed by atoms with Crippen molar-refractivity contribution in [3.63, 3.8) is 0 Å². The molecule has 0 radical (unpaired) electrons. The molecule has 8 atom stereocenters. The van der Waals surface area contributed by atoms with Crippen molar-refractivity contribution in [3.05, 3.63) is 29.8 Å². The van der Waals surface area contributed by atoms with Gasteiger partial charge in [-0.3, -0.25) is 44.4 Å². The lowest BCUT2D eigenvalue weighted by atomic mass is 10.1. The Kier molecular flexibility index (Phi) is 23.5. The molecule has 0 saturated carbocycles. The van der Waals surface area contributed by atoms with Crippen molar-refractivity contribution in [2.75, 3.05) is 46.1 Å². The first-order valence-electron chi connectivity index (χ1n) is 20.7. The van der Waals surface area contributed by atoms with E-state index in [1.807, 2.05) is 0 Å². The number of nitrogens with zero attached hydrogens (tertiary/aromatic N) is 1. The number of benzene rings is 1. The summed E-state index contributed by atoms with van der Waals surface area (Å²) in [4.78, 5) is 106. The summed E-state index contributed by atoms with van der Waals surface area (Å²) in [6.45, 7) is -3.74. The third-order valence-electron chi connectivity index (χ3n) is 10.0. The minimum absolute atomic E-state index is 0.0110. The Morgan fingerprint density at radius 3 is 1.48 bits per heavy atom. The predicted molar refractivity (Wildman–Crippen MR) is 230 cm³/mol. The Hall–Kier alpha value is -6.88. The second-order valence-corrected chi connectivity index (χ2v) is 15.1. The summed E-state index contributed by atoms with van der Waals surface area (Å²) in [5, 5.41) is 92.1. The highest BCUT2D eigenvalue weighted by Crippen LogP contribution is 2.19. The van der Waals surface area contributed by atoms with Crippen LogP contribution < -0.4 is 59.7 Å². The number of carboxylic acid groups (broad SMARTS) is 1. The smallest absolute Gasteiger partial charge is 0.326 e. The largest absolute Gasteiger partial charge is 0.508 e. The van der Waals surface area contributed by atoms with Gasteiger partial charge in [0.05, 0.1) is 32.5 Å². The zero-order valence-electron chi connectivity index (χ0n) is 36.0. The Balaban J connectivity index is 2.11. The topological polar surface area (TPSA) is 483 Å². The maximum Gasteiger partial charge on any atom is 0.326 e. The fraction of sp³-hybridized carbons (Fsp3) is 0.579. The van der Waals surface area contributed by atoms with E-state index < -0.39 is 128 Å². The summed E-state index contributed by atoms with van der Waals surface area (Å²) >= 11 is 0. The van der Waals surface area contributed by atoms with Crippen LogP contribution >= 0.6 is 0 Å². The normalized spacial score (nSPS) is 16.4. The number of carbonyl (C=O) groups is 8. The number of rotatable bonds is 28. The van der Waals surface area contributed by atoms with Crippen molar-refractivity contribution in [1.82, 2.24) is 47.4 Å². The molecule has 0 aromatic heterocycles. The molecule has 0 spiro atoms. The van der Waals surface area contributed by atoms with Crippen molar-refractivity contribution in [2.45, 2.75) is 93.3 Å². The average molecular weight is 939 g/mol. The first-order chi connectivity index (χ1) is 31.3. The summed E-state index contributed by atoms with van der Waals surface area (Å²) in [6, 6.07) is -6.84. The molecule has 2 rings (SSSR count). The van der Waals surface area contributed by atoms with Gasteiger partial charge in [-0.1, -0.05) is 12.1 Å². The number of nitrogens with two attached hydrogens (primary N) is 3. The van der Waals surface area contributed by atoms with E-state index in [2.05, 4.69) is 42.5 Å². The van der Waals surface area contributed by atoms with Crippen LogP contribution in [0.3, 0.4) is 0 Å². The molecule has 1 aromatic rings. The van der Waals surface area contributed by atoms with Crippen LogP contribution in [0, 0.1) is 10.8 Å². The second kappa shape index (κ2) is 28.1. The number of phenols is 1. The van der Waals surface area contributed by atoms with E-state index in [-0.39, 0.29) is 63.4 Å². The Morgan fingerprint density at radius 1 is 0.636 bits per heavy atom. The number of likely N-dealkylation sites (tertiary alicyclic amines) is 1. The van der Waals surface area contributed by atoms with E-state index >= 15 is 0 Å². The van der Waals surface area contributed by atoms with Gasteiger partial charge in [0.1, 0.15) is 48.0 Å². The molecule has 0 unspecified atom stereocenters. The SMILES string of the molecule is N=C(N)NCCC[C@H](NC(=O)[C@H](CO)NC(=O)[C@H](CO)NC(=O)[C@H](CO)NC(=O)[C@@H]1CCCN1C(=O)[C@@H](N)CCCNC(=N)N)C(=O)N[C@@H](CO)C(=O)N[C@@H](Cc1ccc(O)cc1)C(=O)O. The van der Waals surface area contributed by atoms with Crippen molar-refractivity contribution < 1.29 is 69.0 Å². The number of aliphatic hydroxyl groups excluding tert-OH is 4. The number of hydrogen-bond donors (Lipinski definition) is 19. The number of carboxylic acids is 1. The van der Waals surface area contributed by atoms with Crippen molar-refractivity contribution >= 4 is 59.2 Å². The van der Waals surface area contributed by atoms with Crippen LogP contribution in [-0.4, -0.2) is 189 Å². The molecule has 1 aliphatic rings. The maximum absolute atomic E-state index is 13.5. The molecule has 22 N–H and O–H groups in total. The lowest BCUT2D eigenvalue weighted by Crippen LogP contribution is -2.61. The lowest BCUT2D eigenvalue weighted by molar-refractivity contribution is -0.142. The predicted octanol–water partition coefficient (Wildman–Crippen LogP) is -8.26. The van der Waals surface area contributed by atoms with Gasteiger partial charge in [0, 0.05) is 26.1 Å². The van der Waals surface area contributed by atoms with E-state index in [0.717, 1.165) is 0 Å². The average Bonchev–Trinajstić information content (AvgIpc) is 3.78. The van der Waals surface area contributed by atoms with Crippen LogP contribution in [0.25, 0.3) is 0 Å². The van der Waals surface area contributed by atoms with Crippen LogP contribution in [0.4, 0.5) is 0 Å². The molecule has 66 heavy (non-hydrogen) atoms. The zero-order chi connectivity index (χ0) is 49.5. The number of hydrogen-bond acceptors (Lipinski definition) is 16. The van der Waals surface area contributed by atoms with Crippen LogP contribution in [0.1, 0.15) is 44.1 Å². The van der Waals surface area contributed by atoms with E-state index in [1.165, 1.54) is 29.2 Å². The van der Waals surface area contributed by atoms with Gasteiger partial charge >= 0.3 is 5.97 Å². The minimum atomic E-state index is -1.85. The molecular formula is C38H62N14O14. The van der Waals surface area contributed by atoms with Gasteiger partial charge in [0.15, 0.2) is 11.9 Å². The molecule has 368 valence electrons. The van der Waals surface area contributed by atoms with Gasteiger partial charge in [0.25, 0.3) is 0 Å². The number of aromatic hydroxyl groups is 1. The molecule has 1 saturated heterocycles. The highest BCUT2D eigenvalue weighted by atomic mass is 16.4. The van der Waals surface area contributed by atoms with Gasteiger partial charge < -0.3 is 95.3 Å². The maximum atomic E-state index is 13.5. The first-order valence-corrected chi connectivity index (χ1v) is 20.7. The fourth-order valence-corrected chi connectivity index (χ4v) is 6.46. The molecular weight excluding hydrogens is 877 g/mol. The molecule has 28 heteroatoms. The third kappa shape index (κ3) is 18.3. The van der Waals surface area contributed by atoms with E-state index in [4.69, 9.17) is 28.0 Å². The number of amides is 7. The third-order valence-corrected chi connectivity index (χ3v) is 10.0. The summed E-state index contributed by atoms with van der Waals surface area (Å²) in [5.41, 5.74) is 17.0. The Morgan fingerprint density at radius 2 is 1.05 bits per heavy atom. The monoisotopic (exact) mass is 938 g/mol. The van der Waals surface area contributed by atoms with E-state index in [9.17, 15) is 69.0 Å². The van der Waals surface area contributed by atoms with Crippen molar-refractivity contribution in [1.29, 1.82) is 10.8 Å². The Bertz CT molecular complexity index is 1860. The quantitative estimate of drug-likeness (QED) is 0.0211. The summed E-state index contributed by atoms with van der Waals surface area (Å²) < 4.78 is 0. The van der Waals surface area contributed by atoms with Gasteiger partial charge in [-0.15, -0.1) is 0 Å². The number of carbonyl (C=O) groups excluding carboxylic acids is 7. The van der Waals surface area contributed by atoms with Crippen LogP contribution in [0.5, 0.6) is 5.75 Å². The number of aliphatic carboxylic acids is 1. The van der Waals surface area contributed by atoms with Gasteiger partial charge in [-0.2, -0.15) is 0 Å². The van der Waals surface area contributed by atoms with Crippen LogP contribution in [0.2, 0.25) is 0 Å². The number of guanidine groups is 2. The summed E-state index contributed by atoms with van der Waals surface area (Å²) in [6.07, 6.45) is 0.796. The summed E-state index contributed by atoms with van der Waals surface area (Å²) in [5.74, 6) is -9.38. The first kappa shape index (κ1) is 55.3. The van der Waals surface area contributed by atoms with Gasteiger partial charge in [0.2, 0.25) is 41.4 Å². The second-order valence-electron chi connectivity index (χ2n) is 15.1. The Labute approximate surface area is 378 Å². The van der Waals surface area contributed by atoms with E-state index in [1.54, 1.807) is 0 Å². The highest BCUT2D eigenvalue weighted by molar-refractivity contribution is 5.98. The molecule has 1 fully saturated rings. The molecule has 1 aliphatic heterocycles. The molecule has 1 aromatic carbocycles. The number of nitrogens with one attached hydrogen (secondary N) is 10. The molecule has 0 aliphatic carbocycles. The molecule has 28 nitrogen and oxygen atoms in total. The standard InChI is InChI=1S/C38H62N14O14/c39-21(4-1-11-44-37(40)41)35(64)52-13-3-6-28(52)34(63)51-27(18-56)33(62)50-26(17-55)32(61)49-24(15-53)30(59)46-22(5-2-12-45-38(42)43)29(58)48-25(16-54)31(60)47-23(36(65)66)14-19-7-9-20(57)10-8-19/h7-10,21-28,53-57H,1-6,11-18,39H2,(H,46,59)(H,47,60)(H,48,58)(H,49,61)(H,50,62)(H,51,63)(H,65,66)(H4,40,41,44)(H4,42,43,45)/t21-,22-,23-,24-,25-,26-,27-,28-/m0/s1. The number of aliphatic hydroxyl groups is 4. The van der Waals surface area contributed by atoms with Crippen molar-refractivity contribution in [3.8, 4) is 5.75 Å². The fourth-order valence-electron chi connectivity index (χ4n) is 6.46. The highest BCUT2D eigenvalue weighted by Gasteiger charge is 2.38. The van der Waals surface area contributed by atoms with Gasteiger partial charge in [-0.25, -0.2) is 4.79 Å². The molecule has 0 bridgehead atoms. The number of phenolic OH excluding ortho intramolecular Hbond substituents is 1. The summed E-state index contributed by atoms with van der Waals surface area (Å²) in [7, 11) is 0. The molecule has 7 amide bonds. The minimum Gasteiger partial charge on any atom is -0.508 e. The van der Waals surface area contributed by atoms with E-state index in [0.29, 0.717) is 18.4 Å². The lowest BCUT2D eigenvalue weighted by Gasteiger charge is -2.28. The van der Waals surface area contributed by atoms with Crippen LogP contribution in [0.15, 0.2) is 24.3 Å². The van der Waals surface area contributed by atoms with Gasteiger partial charge in [-0.05, 0) is 56.2 Å². The van der Waals surface area contributed by atoms with Crippen LogP contribution in [-0.2, 0) is 44.8 Å². The molecule has 1 heterocycles. The van der Waals surface area contributed by atoms with Crippen molar-refractivity contribution in [2.24, 2.45) is 17.2 Å². The zero-order valence-corrected chi connectivity index (χ0v) is 36.0.